The van der Waals surface area contributed by atoms with Gasteiger partial charge in [-0.15, -0.1) is 0 Å². The van der Waals surface area contributed by atoms with E-state index in [1.54, 1.807) is 0 Å². The molecule has 0 heterocycles. The Bertz CT molecular complexity index is 310. The molecule has 0 fully saturated rings. The highest BCUT2D eigenvalue weighted by Crippen LogP contribution is 2.14. The van der Waals surface area contributed by atoms with Crippen molar-refractivity contribution in [2.24, 2.45) is 0 Å². The molecule has 0 saturated carbocycles. The zero-order valence-corrected chi connectivity index (χ0v) is 15.4. The standard InChI is InChI=1S/C18H36N2O4/c1-2-3-4-5-6-7-8-9-10-11-12-13-14-15-16-17-18(19(21)22)20(23)24/h18H,2-17H2,1H3. The lowest BCUT2D eigenvalue weighted by molar-refractivity contribution is -0.743. The van der Waals surface area contributed by atoms with E-state index in [1.165, 1.54) is 70.6 Å². The van der Waals surface area contributed by atoms with Crippen molar-refractivity contribution in [3.05, 3.63) is 20.2 Å². The Balaban J connectivity index is 3.23. The molecule has 0 rings (SSSR count). The van der Waals surface area contributed by atoms with Gasteiger partial charge in [0.2, 0.25) is 0 Å². The van der Waals surface area contributed by atoms with Gasteiger partial charge in [0.15, 0.2) is 0 Å². The van der Waals surface area contributed by atoms with Gasteiger partial charge in [-0.1, -0.05) is 96.8 Å². The van der Waals surface area contributed by atoms with Gasteiger partial charge in [-0.05, 0) is 6.42 Å². The molecule has 0 radical (unpaired) electrons. The van der Waals surface area contributed by atoms with Crippen LogP contribution in [0.5, 0.6) is 0 Å². The van der Waals surface area contributed by atoms with Crippen molar-refractivity contribution in [3.63, 3.8) is 0 Å². The van der Waals surface area contributed by atoms with Crippen LogP contribution in [0.1, 0.15) is 110 Å². The van der Waals surface area contributed by atoms with Crippen LogP contribution in [-0.4, -0.2) is 16.0 Å². The molecule has 24 heavy (non-hydrogen) atoms. The first-order chi connectivity index (χ1) is 11.6. The molecular formula is C18H36N2O4. The molecule has 0 aliphatic heterocycles. The van der Waals surface area contributed by atoms with Gasteiger partial charge in [0.05, 0.1) is 16.3 Å². The second kappa shape index (κ2) is 16.7. The maximum Gasteiger partial charge on any atom is 0.450 e. The Labute approximate surface area is 146 Å². The maximum atomic E-state index is 10.5. The third-order valence-electron chi connectivity index (χ3n) is 4.55. The fourth-order valence-corrected chi connectivity index (χ4v) is 2.99. The quantitative estimate of drug-likeness (QED) is 0.129. The van der Waals surface area contributed by atoms with E-state index in [0.29, 0.717) is 6.42 Å². The van der Waals surface area contributed by atoms with E-state index in [1.807, 2.05) is 0 Å². The van der Waals surface area contributed by atoms with Crippen LogP contribution in [0, 0.1) is 20.2 Å². The van der Waals surface area contributed by atoms with Gasteiger partial charge in [-0.25, -0.2) is 0 Å². The van der Waals surface area contributed by atoms with Crippen LogP contribution < -0.4 is 0 Å². The smallest absolute Gasteiger partial charge is 0.259 e. The van der Waals surface area contributed by atoms with Crippen molar-refractivity contribution >= 4 is 0 Å². The molecule has 0 bridgehead atoms. The molecule has 0 unspecified atom stereocenters. The second-order valence-electron chi connectivity index (χ2n) is 6.79. The van der Waals surface area contributed by atoms with Gasteiger partial charge < -0.3 is 0 Å². The summed E-state index contributed by atoms with van der Waals surface area (Å²) in [5.41, 5.74) is 0. The topological polar surface area (TPSA) is 86.3 Å². The molecule has 6 heteroatoms. The highest BCUT2D eigenvalue weighted by molar-refractivity contribution is 4.51. The predicted octanol–water partition coefficient (Wildman–Crippen LogP) is 6.13. The number of hydrogen-bond donors (Lipinski definition) is 0. The molecule has 0 spiro atoms. The van der Waals surface area contributed by atoms with Gasteiger partial charge in [0.25, 0.3) is 0 Å². The van der Waals surface area contributed by atoms with Gasteiger partial charge in [-0.3, -0.25) is 20.2 Å². The van der Waals surface area contributed by atoms with Crippen molar-refractivity contribution in [1.82, 2.24) is 0 Å². The van der Waals surface area contributed by atoms with E-state index in [-0.39, 0.29) is 6.42 Å². The van der Waals surface area contributed by atoms with Crippen LogP contribution in [0.25, 0.3) is 0 Å². The summed E-state index contributed by atoms with van der Waals surface area (Å²) in [5, 5.41) is 21.0. The monoisotopic (exact) mass is 344 g/mol. The number of hydrogen-bond acceptors (Lipinski definition) is 4. The van der Waals surface area contributed by atoms with Crippen LogP contribution in [0.3, 0.4) is 0 Å². The lowest BCUT2D eigenvalue weighted by Crippen LogP contribution is -2.28. The molecule has 0 aromatic rings. The molecule has 0 aromatic heterocycles. The minimum Gasteiger partial charge on any atom is -0.259 e. The van der Waals surface area contributed by atoms with Crippen LogP contribution in [0.2, 0.25) is 0 Å². The summed E-state index contributed by atoms with van der Waals surface area (Å²) in [6, 6.07) is 0. The van der Waals surface area contributed by atoms with Gasteiger partial charge in [0.1, 0.15) is 0 Å². The third-order valence-corrected chi connectivity index (χ3v) is 4.55. The lowest BCUT2D eigenvalue weighted by atomic mass is 10.0. The minimum atomic E-state index is -1.62. The number of unbranched alkanes of at least 4 members (excludes halogenated alkanes) is 14. The third kappa shape index (κ3) is 14.4. The average molecular weight is 344 g/mol. The van der Waals surface area contributed by atoms with E-state index in [2.05, 4.69) is 6.92 Å². The maximum absolute atomic E-state index is 10.5. The summed E-state index contributed by atoms with van der Waals surface area (Å²) in [6.07, 6.45) is 16.7. The zero-order chi connectivity index (χ0) is 18.0. The van der Waals surface area contributed by atoms with Crippen molar-refractivity contribution in [2.75, 3.05) is 0 Å². The molecule has 0 N–H and O–H groups in total. The fraction of sp³-hybridized carbons (Fsp3) is 1.00. The predicted molar refractivity (Wildman–Crippen MR) is 97.3 cm³/mol. The first-order valence-electron chi connectivity index (χ1n) is 9.86. The summed E-state index contributed by atoms with van der Waals surface area (Å²) in [5.74, 6) is 0. The Morgan fingerprint density at radius 3 is 1.17 bits per heavy atom. The largest absolute Gasteiger partial charge is 0.450 e. The van der Waals surface area contributed by atoms with Gasteiger partial charge in [0, 0.05) is 0 Å². The van der Waals surface area contributed by atoms with Crippen LogP contribution in [0.15, 0.2) is 0 Å². The number of nitrogens with zero attached hydrogens (tertiary/aromatic N) is 2. The van der Waals surface area contributed by atoms with Crippen LogP contribution in [-0.2, 0) is 0 Å². The van der Waals surface area contributed by atoms with E-state index in [0.717, 1.165) is 19.3 Å². The van der Waals surface area contributed by atoms with Crippen molar-refractivity contribution in [1.29, 1.82) is 0 Å². The number of rotatable bonds is 18. The molecule has 0 atom stereocenters. The van der Waals surface area contributed by atoms with E-state index >= 15 is 0 Å². The highest BCUT2D eigenvalue weighted by atomic mass is 16.7. The van der Waals surface area contributed by atoms with E-state index < -0.39 is 16.0 Å². The fourth-order valence-electron chi connectivity index (χ4n) is 2.99. The zero-order valence-electron chi connectivity index (χ0n) is 15.4. The van der Waals surface area contributed by atoms with Crippen molar-refractivity contribution < 1.29 is 9.85 Å². The van der Waals surface area contributed by atoms with Crippen molar-refractivity contribution in [3.8, 4) is 0 Å². The highest BCUT2D eigenvalue weighted by Gasteiger charge is 2.30. The van der Waals surface area contributed by atoms with Crippen molar-refractivity contribution in [2.45, 2.75) is 116 Å². The summed E-state index contributed by atoms with van der Waals surface area (Å²) >= 11 is 0. The Morgan fingerprint density at radius 1 is 0.583 bits per heavy atom. The second-order valence-corrected chi connectivity index (χ2v) is 6.79. The number of nitro groups is 2. The summed E-state index contributed by atoms with van der Waals surface area (Å²) < 4.78 is 0. The molecule has 6 nitrogen and oxygen atoms in total. The van der Waals surface area contributed by atoms with Crippen LogP contribution in [0.4, 0.5) is 0 Å². The Hall–Kier alpha value is -1.20. The summed E-state index contributed by atoms with van der Waals surface area (Å²) in [7, 11) is 0. The molecule has 0 aromatic carbocycles. The lowest BCUT2D eigenvalue weighted by Gasteiger charge is -2.04. The normalized spacial score (nSPS) is 11.1. The average Bonchev–Trinajstić information content (AvgIpc) is 2.53. The summed E-state index contributed by atoms with van der Waals surface area (Å²) in [6.45, 7) is 2.25. The minimum absolute atomic E-state index is 0.0538. The first-order valence-corrected chi connectivity index (χ1v) is 9.86. The van der Waals surface area contributed by atoms with E-state index in [4.69, 9.17) is 0 Å². The molecule has 142 valence electrons. The Kier molecular flexibility index (Phi) is 15.8. The first kappa shape index (κ1) is 22.8. The molecule has 0 amide bonds. The molecule has 0 aliphatic rings. The molecule has 0 saturated heterocycles. The summed E-state index contributed by atoms with van der Waals surface area (Å²) in [4.78, 5) is 19.4. The molecule has 0 aliphatic carbocycles. The van der Waals surface area contributed by atoms with Gasteiger partial charge in [-0.2, -0.15) is 0 Å². The SMILES string of the molecule is CCCCCCCCCCCCCCCCCC([N+](=O)[O-])[N+](=O)[O-]. The van der Waals surface area contributed by atoms with E-state index in [9.17, 15) is 20.2 Å². The Morgan fingerprint density at radius 2 is 0.875 bits per heavy atom. The van der Waals surface area contributed by atoms with Crippen LogP contribution >= 0.6 is 0 Å². The molecular weight excluding hydrogens is 308 g/mol. The van der Waals surface area contributed by atoms with Gasteiger partial charge >= 0.3 is 6.17 Å².